The van der Waals surface area contributed by atoms with E-state index >= 15 is 0 Å². The van der Waals surface area contributed by atoms with Gasteiger partial charge in [0.15, 0.2) is 0 Å². The molecule has 0 rings (SSSR count). The molecule has 0 aromatic heterocycles. The predicted octanol–water partition coefficient (Wildman–Crippen LogP) is 1.36. The van der Waals surface area contributed by atoms with Crippen LogP contribution in [0.25, 0.3) is 0 Å². The van der Waals surface area contributed by atoms with Crippen LogP contribution in [0.5, 0.6) is 0 Å². The minimum absolute atomic E-state index is 0.310. The number of guanidine groups is 1. The standard InChI is InChI=1S/C8H15N3/c1-4-7(2)5-6-11-8(9)10-3/h5-6H,4H2,1-3H3,(H2,9,10)/b7-5+,11-6?. The van der Waals surface area contributed by atoms with Gasteiger partial charge < -0.3 is 5.73 Å². The highest BCUT2D eigenvalue weighted by Crippen LogP contribution is 1.94. The lowest BCUT2D eigenvalue weighted by molar-refractivity contribution is 1.10. The van der Waals surface area contributed by atoms with Crippen LogP contribution in [0.1, 0.15) is 20.3 Å². The third-order valence-electron chi connectivity index (χ3n) is 1.35. The molecule has 0 saturated heterocycles. The second-order valence-corrected chi connectivity index (χ2v) is 2.23. The van der Waals surface area contributed by atoms with Crippen LogP contribution in [0.3, 0.4) is 0 Å². The Bertz CT molecular complexity index is 190. The summed E-state index contributed by atoms with van der Waals surface area (Å²) in [5.41, 5.74) is 6.60. The van der Waals surface area contributed by atoms with Crippen LogP contribution < -0.4 is 5.73 Å². The second kappa shape index (κ2) is 5.65. The topological polar surface area (TPSA) is 50.7 Å². The number of nitrogens with two attached hydrogens (primary N) is 1. The molecule has 0 aliphatic carbocycles. The quantitative estimate of drug-likeness (QED) is 0.472. The monoisotopic (exact) mass is 153 g/mol. The molecule has 0 amide bonds. The summed E-state index contributed by atoms with van der Waals surface area (Å²) in [5.74, 6) is 0.310. The molecule has 11 heavy (non-hydrogen) atoms. The zero-order valence-corrected chi connectivity index (χ0v) is 7.33. The van der Waals surface area contributed by atoms with E-state index in [-0.39, 0.29) is 0 Å². The molecule has 0 saturated carbocycles. The molecule has 0 heterocycles. The highest BCUT2D eigenvalue weighted by atomic mass is 15.0. The lowest BCUT2D eigenvalue weighted by Gasteiger charge is -1.89. The first-order chi connectivity index (χ1) is 5.20. The molecular weight excluding hydrogens is 138 g/mol. The molecule has 0 spiro atoms. The van der Waals surface area contributed by atoms with E-state index in [4.69, 9.17) is 5.73 Å². The first-order valence-electron chi connectivity index (χ1n) is 3.62. The third kappa shape index (κ3) is 5.33. The Balaban J connectivity index is 3.96. The van der Waals surface area contributed by atoms with Crippen molar-refractivity contribution in [2.24, 2.45) is 15.7 Å². The van der Waals surface area contributed by atoms with Gasteiger partial charge in [0.1, 0.15) is 0 Å². The molecule has 2 N–H and O–H groups in total. The Hall–Kier alpha value is -1.12. The molecule has 0 aliphatic heterocycles. The average molecular weight is 153 g/mol. The van der Waals surface area contributed by atoms with Crippen LogP contribution in [-0.4, -0.2) is 19.2 Å². The highest BCUT2D eigenvalue weighted by molar-refractivity contribution is 5.89. The first-order valence-corrected chi connectivity index (χ1v) is 3.62. The Morgan fingerprint density at radius 2 is 2.18 bits per heavy atom. The highest BCUT2D eigenvalue weighted by Gasteiger charge is 1.80. The summed E-state index contributed by atoms with van der Waals surface area (Å²) in [6.45, 7) is 4.14. The predicted molar refractivity (Wildman–Crippen MR) is 50.1 cm³/mol. The van der Waals surface area contributed by atoms with Crippen LogP contribution in [0, 0.1) is 0 Å². The average Bonchev–Trinajstić information content (AvgIpc) is 2.04. The van der Waals surface area contributed by atoms with Crippen LogP contribution in [0.2, 0.25) is 0 Å². The van der Waals surface area contributed by atoms with E-state index in [0.29, 0.717) is 5.96 Å². The summed E-state index contributed by atoms with van der Waals surface area (Å²) in [4.78, 5) is 7.54. The van der Waals surface area contributed by atoms with Gasteiger partial charge in [-0.1, -0.05) is 12.5 Å². The van der Waals surface area contributed by atoms with Crippen molar-refractivity contribution in [2.45, 2.75) is 20.3 Å². The van der Waals surface area contributed by atoms with Crippen LogP contribution >= 0.6 is 0 Å². The minimum Gasteiger partial charge on any atom is -0.368 e. The maximum Gasteiger partial charge on any atom is 0.214 e. The van der Waals surface area contributed by atoms with E-state index in [9.17, 15) is 0 Å². The number of aliphatic imine (C=N–C) groups is 2. The smallest absolute Gasteiger partial charge is 0.214 e. The second-order valence-electron chi connectivity index (χ2n) is 2.23. The summed E-state index contributed by atoms with van der Waals surface area (Å²) in [6, 6.07) is 0. The van der Waals surface area contributed by atoms with Gasteiger partial charge in [0, 0.05) is 13.3 Å². The fraction of sp³-hybridized carbons (Fsp3) is 0.500. The molecule has 0 aromatic carbocycles. The van der Waals surface area contributed by atoms with Crippen molar-refractivity contribution in [1.29, 1.82) is 0 Å². The zero-order valence-electron chi connectivity index (χ0n) is 7.33. The van der Waals surface area contributed by atoms with E-state index in [1.54, 1.807) is 13.3 Å². The largest absolute Gasteiger partial charge is 0.368 e. The zero-order chi connectivity index (χ0) is 8.69. The maximum atomic E-state index is 5.32. The molecular formula is C8H15N3. The van der Waals surface area contributed by atoms with Crippen molar-refractivity contribution >= 4 is 12.2 Å². The Kier molecular flexibility index (Phi) is 5.07. The van der Waals surface area contributed by atoms with Gasteiger partial charge in [-0.3, -0.25) is 4.99 Å². The van der Waals surface area contributed by atoms with Crippen molar-refractivity contribution in [3.05, 3.63) is 11.6 Å². The minimum atomic E-state index is 0.310. The van der Waals surface area contributed by atoms with E-state index in [0.717, 1.165) is 6.42 Å². The van der Waals surface area contributed by atoms with Gasteiger partial charge in [-0.15, -0.1) is 0 Å². The fourth-order valence-electron chi connectivity index (χ4n) is 0.416. The van der Waals surface area contributed by atoms with Gasteiger partial charge >= 0.3 is 0 Å². The number of rotatable bonds is 2. The lowest BCUT2D eigenvalue weighted by atomic mass is 10.2. The molecule has 0 atom stereocenters. The van der Waals surface area contributed by atoms with Crippen LogP contribution in [0.15, 0.2) is 21.6 Å². The van der Waals surface area contributed by atoms with Gasteiger partial charge in [0.2, 0.25) is 5.96 Å². The SMILES string of the molecule is CC/C(C)=C/C=NC(N)=NC. The maximum absolute atomic E-state index is 5.32. The van der Waals surface area contributed by atoms with Crippen molar-refractivity contribution in [1.82, 2.24) is 0 Å². The van der Waals surface area contributed by atoms with Crippen LogP contribution in [-0.2, 0) is 0 Å². The van der Waals surface area contributed by atoms with Crippen molar-refractivity contribution in [2.75, 3.05) is 7.05 Å². The third-order valence-corrected chi connectivity index (χ3v) is 1.35. The van der Waals surface area contributed by atoms with Gasteiger partial charge in [0.25, 0.3) is 0 Å². The molecule has 0 fully saturated rings. The van der Waals surface area contributed by atoms with E-state index in [1.807, 2.05) is 13.0 Å². The van der Waals surface area contributed by atoms with Gasteiger partial charge in [-0.25, -0.2) is 4.99 Å². The van der Waals surface area contributed by atoms with Crippen molar-refractivity contribution < 1.29 is 0 Å². The Morgan fingerprint density at radius 3 is 2.64 bits per heavy atom. The number of nitrogens with zero attached hydrogens (tertiary/aromatic N) is 2. The molecule has 0 bridgehead atoms. The first kappa shape index (κ1) is 9.88. The number of hydrogen-bond donors (Lipinski definition) is 1. The molecule has 62 valence electrons. The molecule has 3 nitrogen and oxygen atoms in total. The van der Waals surface area contributed by atoms with Crippen molar-refractivity contribution in [3.63, 3.8) is 0 Å². The summed E-state index contributed by atoms with van der Waals surface area (Å²) in [5, 5.41) is 0. The summed E-state index contributed by atoms with van der Waals surface area (Å²) in [6.07, 6.45) is 4.63. The normalized spacial score (nSPS) is 14.5. The fourth-order valence-corrected chi connectivity index (χ4v) is 0.416. The molecule has 0 aliphatic rings. The van der Waals surface area contributed by atoms with Gasteiger partial charge in [-0.2, -0.15) is 0 Å². The molecule has 0 aromatic rings. The lowest BCUT2D eigenvalue weighted by Crippen LogP contribution is -2.07. The van der Waals surface area contributed by atoms with E-state index in [2.05, 4.69) is 16.9 Å². The van der Waals surface area contributed by atoms with E-state index in [1.165, 1.54) is 5.57 Å². The Labute approximate surface area is 67.7 Å². The molecule has 0 radical (unpaired) electrons. The summed E-state index contributed by atoms with van der Waals surface area (Å²) >= 11 is 0. The van der Waals surface area contributed by atoms with Gasteiger partial charge in [0.05, 0.1) is 0 Å². The molecule has 0 unspecified atom stereocenters. The molecule has 3 heteroatoms. The van der Waals surface area contributed by atoms with Crippen LogP contribution in [0.4, 0.5) is 0 Å². The number of hydrogen-bond acceptors (Lipinski definition) is 1. The number of allylic oxidation sites excluding steroid dienone is 2. The summed E-state index contributed by atoms with van der Waals surface area (Å²) < 4.78 is 0. The Morgan fingerprint density at radius 1 is 1.55 bits per heavy atom. The summed E-state index contributed by atoms with van der Waals surface area (Å²) in [7, 11) is 1.61. The van der Waals surface area contributed by atoms with E-state index < -0.39 is 0 Å². The van der Waals surface area contributed by atoms with Gasteiger partial charge in [-0.05, 0) is 19.4 Å². The van der Waals surface area contributed by atoms with Crippen molar-refractivity contribution in [3.8, 4) is 0 Å².